The molecule has 0 saturated carbocycles. The van der Waals surface area contributed by atoms with Crippen LogP contribution in [0.5, 0.6) is 0 Å². The molecule has 278 valence electrons. The zero-order valence-corrected chi connectivity index (χ0v) is 31.0. The summed E-state index contributed by atoms with van der Waals surface area (Å²) >= 11 is 0. The summed E-state index contributed by atoms with van der Waals surface area (Å²) in [5.41, 5.74) is -2.58. The Morgan fingerprint density at radius 3 is 2.31 bits per heavy atom. The summed E-state index contributed by atoms with van der Waals surface area (Å²) in [6.07, 6.45) is -3.21. The highest BCUT2D eigenvalue weighted by Crippen LogP contribution is 2.38. The first-order valence-electron chi connectivity index (χ1n) is 17.7. The van der Waals surface area contributed by atoms with Crippen molar-refractivity contribution in [1.82, 2.24) is 10.2 Å². The zero-order chi connectivity index (χ0) is 36.1. The maximum Gasteiger partial charge on any atom is 0.316 e. The number of carbonyl (C=O) groups excluding carboxylic acids is 2. The first kappa shape index (κ1) is 40.7. The summed E-state index contributed by atoms with van der Waals surface area (Å²) < 4.78 is 24.7. The molecule has 0 spiro atoms. The van der Waals surface area contributed by atoms with Gasteiger partial charge in [0.05, 0.1) is 29.6 Å². The number of ketones is 1. The van der Waals surface area contributed by atoms with Crippen molar-refractivity contribution < 1.29 is 48.7 Å². The Bertz CT molecular complexity index is 1100. The fourth-order valence-electron chi connectivity index (χ4n) is 7.66. The first-order valence-corrected chi connectivity index (χ1v) is 17.7. The van der Waals surface area contributed by atoms with Gasteiger partial charge < -0.3 is 49.3 Å². The quantitative estimate of drug-likeness (QED) is 0.176. The van der Waals surface area contributed by atoms with Crippen LogP contribution in [0.15, 0.2) is 5.16 Å². The molecule has 0 amide bonds. The van der Waals surface area contributed by atoms with Crippen LogP contribution in [0, 0.1) is 23.7 Å². The molecule has 0 unspecified atom stereocenters. The van der Waals surface area contributed by atoms with Gasteiger partial charge >= 0.3 is 5.97 Å². The number of oxime groups is 1. The van der Waals surface area contributed by atoms with Gasteiger partial charge in [0.2, 0.25) is 0 Å². The number of hydrogen-bond donors (Lipinski definition) is 4. The number of nitrogens with zero attached hydrogens (tertiary/aromatic N) is 2. The van der Waals surface area contributed by atoms with Gasteiger partial charge in [-0.1, -0.05) is 32.9 Å². The number of cyclic esters (lactones) is 1. The maximum atomic E-state index is 14.1. The molecule has 3 saturated heterocycles. The minimum Gasteiger partial charge on any atom is -0.459 e. The van der Waals surface area contributed by atoms with E-state index >= 15 is 0 Å². The molecule has 3 heterocycles. The van der Waals surface area contributed by atoms with Crippen LogP contribution in [0.3, 0.4) is 0 Å². The Kier molecular flexibility index (Phi) is 14.4. The molecular formula is C35H63N3O10. The van der Waals surface area contributed by atoms with E-state index < -0.39 is 77.3 Å². The molecule has 3 aliphatic rings. The molecular weight excluding hydrogens is 622 g/mol. The van der Waals surface area contributed by atoms with E-state index in [9.17, 15) is 24.9 Å². The average Bonchev–Trinajstić information content (AvgIpc) is 3.05. The predicted molar refractivity (Wildman–Crippen MR) is 180 cm³/mol. The topological polar surface area (TPSA) is 169 Å². The van der Waals surface area contributed by atoms with Crippen molar-refractivity contribution in [3.63, 3.8) is 0 Å². The standard InChI is InChI=1S/C35H63N3O10/c1-12-26-35(8,43)30(41)21(4)27(37-48-24-14-13-15-36-18-24)19(2)17-34(7,44-11)31(22(5)28(39)23(6)32(42)46-26)47-33-29(40)25(38(9)10)16-20(3)45-33/h19-26,29-31,33,36,40-41,43H,12-18H2,1-11H3/b37-27+/t19-,20-,21+,22+,23-,24-,25+,26-,29-,30-,31-,33+,34-,35-/m1/s1. The van der Waals surface area contributed by atoms with Crippen molar-refractivity contribution in [2.75, 3.05) is 34.3 Å². The van der Waals surface area contributed by atoms with Crippen molar-refractivity contribution in [2.45, 2.75) is 148 Å². The van der Waals surface area contributed by atoms with Crippen molar-refractivity contribution >= 4 is 17.5 Å². The fourth-order valence-corrected chi connectivity index (χ4v) is 7.66. The minimum atomic E-state index is -1.88. The highest BCUT2D eigenvalue weighted by Gasteiger charge is 2.51. The second-order valence-corrected chi connectivity index (χ2v) is 15.0. The van der Waals surface area contributed by atoms with Crippen molar-refractivity contribution in [1.29, 1.82) is 0 Å². The van der Waals surface area contributed by atoms with Crippen LogP contribution in [0.4, 0.5) is 0 Å². The summed E-state index contributed by atoms with van der Waals surface area (Å²) in [6.45, 7) is 15.3. The Labute approximate surface area is 287 Å². The SMILES string of the molecule is CC[C@H]1OC(=O)[C@H](C)C(=O)[C@H](C)[C@@H](O[C@@H]2O[C@H](C)C[C@H](N(C)C)[C@H]2O)[C@](C)(OC)C[C@@H](C)/C(=N\O[C@@H]2CCCNC2)[C@H](C)[C@@H](O)[C@]1(C)O. The lowest BCUT2D eigenvalue weighted by molar-refractivity contribution is -0.295. The fraction of sp³-hybridized carbons (Fsp3) is 0.914. The second-order valence-electron chi connectivity index (χ2n) is 15.0. The predicted octanol–water partition coefficient (Wildman–Crippen LogP) is 2.28. The molecule has 13 nitrogen and oxygen atoms in total. The number of ether oxygens (including phenoxy) is 4. The van der Waals surface area contributed by atoms with Crippen LogP contribution >= 0.6 is 0 Å². The third-order valence-corrected chi connectivity index (χ3v) is 10.9. The molecule has 3 fully saturated rings. The van der Waals surface area contributed by atoms with Crippen LogP contribution in [0.1, 0.15) is 87.5 Å². The van der Waals surface area contributed by atoms with E-state index in [0.717, 1.165) is 19.4 Å². The van der Waals surface area contributed by atoms with Crippen LogP contribution in [-0.4, -0.2) is 132 Å². The molecule has 0 aromatic heterocycles. The third kappa shape index (κ3) is 9.14. The Balaban J connectivity index is 2.14. The van der Waals surface area contributed by atoms with Gasteiger partial charge in [0, 0.05) is 37.5 Å². The van der Waals surface area contributed by atoms with E-state index in [4.69, 9.17) is 23.8 Å². The van der Waals surface area contributed by atoms with Gasteiger partial charge in [0.1, 0.15) is 29.8 Å². The molecule has 48 heavy (non-hydrogen) atoms. The highest BCUT2D eigenvalue weighted by atomic mass is 16.7. The third-order valence-electron chi connectivity index (χ3n) is 10.9. The molecule has 3 rings (SSSR count). The van der Waals surface area contributed by atoms with E-state index in [1.165, 1.54) is 21.0 Å². The molecule has 0 aliphatic carbocycles. The van der Waals surface area contributed by atoms with Gasteiger partial charge in [-0.05, 0) is 80.4 Å². The summed E-state index contributed by atoms with van der Waals surface area (Å²) in [4.78, 5) is 35.5. The normalized spacial score (nSPS) is 45.1. The number of carbonyl (C=O) groups is 2. The van der Waals surface area contributed by atoms with E-state index in [1.807, 2.05) is 39.8 Å². The van der Waals surface area contributed by atoms with Crippen LogP contribution in [0.25, 0.3) is 0 Å². The minimum absolute atomic E-state index is 0.165. The summed E-state index contributed by atoms with van der Waals surface area (Å²) in [7, 11) is 5.29. The summed E-state index contributed by atoms with van der Waals surface area (Å²) in [5, 5.41) is 42.7. The number of rotatable bonds is 7. The highest BCUT2D eigenvalue weighted by molar-refractivity contribution is 6.00. The summed E-state index contributed by atoms with van der Waals surface area (Å²) in [6, 6.07) is -0.254. The number of hydrogen-bond acceptors (Lipinski definition) is 13. The monoisotopic (exact) mass is 685 g/mol. The van der Waals surface area contributed by atoms with Gasteiger partial charge in [-0.2, -0.15) is 0 Å². The maximum absolute atomic E-state index is 14.1. The Morgan fingerprint density at radius 1 is 1.08 bits per heavy atom. The second kappa shape index (κ2) is 17.0. The van der Waals surface area contributed by atoms with E-state index in [1.54, 1.807) is 20.8 Å². The van der Waals surface area contributed by atoms with Gasteiger partial charge in [0.25, 0.3) is 0 Å². The van der Waals surface area contributed by atoms with Crippen LogP contribution < -0.4 is 5.32 Å². The number of Topliss-reactive ketones (excluding diaryl/α,β-unsaturated/α-hetero) is 1. The molecule has 13 heteroatoms. The lowest BCUT2D eigenvalue weighted by Crippen LogP contribution is -2.60. The first-order chi connectivity index (χ1) is 22.4. The van der Waals surface area contributed by atoms with Crippen molar-refractivity contribution in [3.8, 4) is 0 Å². The largest absolute Gasteiger partial charge is 0.459 e. The number of nitrogens with one attached hydrogen (secondary N) is 1. The van der Waals surface area contributed by atoms with Gasteiger partial charge in [-0.3, -0.25) is 9.59 Å². The van der Waals surface area contributed by atoms with Gasteiger partial charge in [0.15, 0.2) is 12.1 Å². The van der Waals surface area contributed by atoms with Crippen molar-refractivity contribution in [3.05, 3.63) is 0 Å². The molecule has 0 bridgehead atoms. The number of methoxy groups -OCH3 is 1. The molecule has 0 aromatic rings. The number of piperidine rings is 1. The molecule has 0 radical (unpaired) electrons. The lowest BCUT2D eigenvalue weighted by Gasteiger charge is -2.47. The smallest absolute Gasteiger partial charge is 0.316 e. The van der Waals surface area contributed by atoms with Gasteiger partial charge in [-0.15, -0.1) is 0 Å². The molecule has 14 atom stereocenters. The molecule has 3 aliphatic heterocycles. The number of aliphatic hydroxyl groups is 3. The Hall–Kier alpha value is -1.71. The summed E-state index contributed by atoms with van der Waals surface area (Å²) in [5.74, 6) is -4.54. The van der Waals surface area contributed by atoms with Crippen LogP contribution in [0.2, 0.25) is 0 Å². The molecule has 0 aromatic carbocycles. The van der Waals surface area contributed by atoms with E-state index in [2.05, 4.69) is 10.5 Å². The Morgan fingerprint density at radius 2 is 1.75 bits per heavy atom. The average molecular weight is 686 g/mol. The van der Waals surface area contributed by atoms with Crippen LogP contribution in [-0.2, 0) is 33.4 Å². The van der Waals surface area contributed by atoms with Crippen molar-refractivity contribution in [2.24, 2.45) is 28.8 Å². The lowest BCUT2D eigenvalue weighted by atomic mass is 9.74. The number of esters is 1. The zero-order valence-electron chi connectivity index (χ0n) is 31.0. The van der Waals surface area contributed by atoms with Gasteiger partial charge in [-0.25, -0.2) is 0 Å². The number of likely N-dealkylation sites (N-methyl/N-ethyl adjacent to an activating group) is 1. The molecule has 4 N–H and O–H groups in total. The van der Waals surface area contributed by atoms with E-state index in [0.29, 0.717) is 18.7 Å². The number of aliphatic hydroxyl groups excluding tert-OH is 2. The van der Waals surface area contributed by atoms with E-state index in [-0.39, 0.29) is 31.1 Å².